The Labute approximate surface area is 220 Å². The van der Waals surface area contributed by atoms with Crippen molar-refractivity contribution in [2.24, 2.45) is 17.6 Å². The number of fused-ring (bicyclic) bond motifs is 3. The molecule has 0 radical (unpaired) electrons. The van der Waals surface area contributed by atoms with Crippen LogP contribution in [0, 0.1) is 11.8 Å². The number of primary amides is 1. The molecule has 0 spiro atoms. The molecule has 5 rings (SSSR count). The number of anilines is 1. The van der Waals surface area contributed by atoms with Gasteiger partial charge in [-0.05, 0) is 69.4 Å². The summed E-state index contributed by atoms with van der Waals surface area (Å²) in [6.45, 7) is 0.853. The number of hydrogen-bond acceptors (Lipinski definition) is 10. The van der Waals surface area contributed by atoms with Crippen LogP contribution in [0.5, 0.6) is 5.75 Å². The summed E-state index contributed by atoms with van der Waals surface area (Å²) in [6.07, 6.45) is 2.21. The summed E-state index contributed by atoms with van der Waals surface area (Å²) in [5, 5.41) is 48.6. The quantitative estimate of drug-likeness (QED) is 0.302. The predicted octanol–water partition coefficient (Wildman–Crippen LogP) is 0.455. The van der Waals surface area contributed by atoms with E-state index in [2.05, 4.69) is 5.32 Å². The first-order chi connectivity index (χ1) is 17.8. The van der Waals surface area contributed by atoms with Crippen LogP contribution in [0.1, 0.15) is 42.0 Å². The average molecular weight is 527 g/mol. The first kappa shape index (κ1) is 26.2. The van der Waals surface area contributed by atoms with Crippen LogP contribution >= 0.6 is 0 Å². The van der Waals surface area contributed by atoms with Gasteiger partial charge in [0, 0.05) is 37.3 Å². The highest BCUT2D eigenvalue weighted by atomic mass is 16.3. The average Bonchev–Trinajstić information content (AvgIpc) is 3.35. The summed E-state index contributed by atoms with van der Waals surface area (Å²) in [7, 11) is 6.91. The van der Waals surface area contributed by atoms with Crippen LogP contribution in [0.3, 0.4) is 0 Å². The predicted molar refractivity (Wildman–Crippen MR) is 139 cm³/mol. The maximum atomic E-state index is 13.9. The van der Waals surface area contributed by atoms with E-state index in [0.29, 0.717) is 5.56 Å². The number of carbonyl (C=O) groups excluding carboxylic acids is 3. The van der Waals surface area contributed by atoms with Gasteiger partial charge in [-0.25, -0.2) is 0 Å². The highest BCUT2D eigenvalue weighted by Gasteiger charge is 2.64. The molecule has 204 valence electrons. The molecule has 1 aliphatic heterocycles. The molecule has 5 atom stereocenters. The molecule has 1 amide bonds. The SMILES string of the molecule is CN(C)c1c(C2CCCN2)cc(O)c2c1C[C@H]1C[C@H]3[C@H](N(C)C)C(=O)C(C(N)=O)=C(O)[C@@]3(O)C(=O)C1=C2O. The van der Waals surface area contributed by atoms with Crippen molar-refractivity contribution in [2.45, 2.75) is 43.4 Å². The molecule has 11 heteroatoms. The van der Waals surface area contributed by atoms with Crippen molar-refractivity contribution in [3.63, 3.8) is 0 Å². The zero-order valence-electron chi connectivity index (χ0n) is 21.9. The highest BCUT2D eigenvalue weighted by Crippen LogP contribution is 2.54. The van der Waals surface area contributed by atoms with Gasteiger partial charge < -0.3 is 36.4 Å². The van der Waals surface area contributed by atoms with Gasteiger partial charge in [0.05, 0.1) is 11.6 Å². The summed E-state index contributed by atoms with van der Waals surface area (Å²) < 4.78 is 0. The van der Waals surface area contributed by atoms with E-state index >= 15 is 0 Å². The van der Waals surface area contributed by atoms with Gasteiger partial charge in [0.2, 0.25) is 5.78 Å². The number of Topliss-reactive ketones (excluding diaryl/α,β-unsaturated/α-hetero) is 2. The Morgan fingerprint density at radius 3 is 2.39 bits per heavy atom. The lowest BCUT2D eigenvalue weighted by Crippen LogP contribution is -2.65. The molecule has 0 aromatic heterocycles. The van der Waals surface area contributed by atoms with Crippen LogP contribution < -0.4 is 16.0 Å². The highest BCUT2D eigenvalue weighted by molar-refractivity contribution is 6.24. The molecule has 4 aliphatic rings. The Bertz CT molecular complexity index is 1320. The second-order valence-corrected chi connectivity index (χ2v) is 11.2. The summed E-state index contributed by atoms with van der Waals surface area (Å²) in [5.41, 5.74) is 4.26. The smallest absolute Gasteiger partial charge is 0.255 e. The van der Waals surface area contributed by atoms with Gasteiger partial charge in [-0.3, -0.25) is 19.3 Å². The first-order valence-corrected chi connectivity index (χ1v) is 12.8. The zero-order chi connectivity index (χ0) is 27.8. The first-order valence-electron chi connectivity index (χ1n) is 12.8. The normalized spacial score (nSPS) is 30.9. The van der Waals surface area contributed by atoms with Crippen LogP contribution in [0.25, 0.3) is 5.76 Å². The van der Waals surface area contributed by atoms with E-state index in [1.807, 2.05) is 19.0 Å². The molecule has 7 N–H and O–H groups in total. The van der Waals surface area contributed by atoms with Gasteiger partial charge in [0.1, 0.15) is 22.8 Å². The number of nitrogens with one attached hydrogen (secondary N) is 1. The van der Waals surface area contributed by atoms with Gasteiger partial charge in [0.15, 0.2) is 11.4 Å². The Hall–Kier alpha value is -3.41. The lowest BCUT2D eigenvalue weighted by atomic mass is 9.57. The standard InChI is InChI=1S/C27H34N4O7/c1-30(2)20-12(15-6-5-7-29-15)10-16(32)18-13(20)8-11-9-14-21(31(3)4)23(34)19(26(28)37)25(36)27(14,38)24(35)17(11)22(18)33/h10-11,14-15,21,29,32-33,36,38H,5-9H2,1-4H3,(H2,28,37)/t11-,14-,15?,21-,27-/m0/s1. The van der Waals surface area contributed by atoms with Gasteiger partial charge in [-0.1, -0.05) is 0 Å². The van der Waals surface area contributed by atoms with Crippen molar-refractivity contribution in [3.8, 4) is 5.75 Å². The number of aliphatic hydroxyl groups is 3. The summed E-state index contributed by atoms with van der Waals surface area (Å²) in [4.78, 5) is 42.7. The number of nitrogens with zero attached hydrogens (tertiary/aromatic N) is 2. The largest absolute Gasteiger partial charge is 0.508 e. The van der Waals surface area contributed by atoms with Gasteiger partial charge in [-0.2, -0.15) is 0 Å². The van der Waals surface area contributed by atoms with Crippen LogP contribution in [0.4, 0.5) is 5.69 Å². The Kier molecular flexibility index (Phi) is 6.08. The minimum atomic E-state index is -2.64. The molecule has 1 heterocycles. The summed E-state index contributed by atoms with van der Waals surface area (Å²) >= 11 is 0. The third-order valence-electron chi connectivity index (χ3n) is 8.61. The minimum absolute atomic E-state index is 0.0255. The lowest BCUT2D eigenvalue weighted by Gasteiger charge is -2.50. The summed E-state index contributed by atoms with van der Waals surface area (Å²) in [5.74, 6) is -6.50. The number of phenolic OH excluding ortho intramolecular Hbond substituents is 1. The van der Waals surface area contributed by atoms with E-state index in [4.69, 9.17) is 5.73 Å². The molecule has 1 saturated heterocycles. The molecule has 0 bridgehead atoms. The number of aromatic hydroxyl groups is 1. The maximum Gasteiger partial charge on any atom is 0.255 e. The van der Waals surface area contributed by atoms with E-state index in [1.54, 1.807) is 20.2 Å². The Morgan fingerprint density at radius 2 is 1.84 bits per heavy atom. The number of phenols is 1. The number of hydrogen-bond donors (Lipinski definition) is 6. The van der Waals surface area contributed by atoms with Crippen molar-refractivity contribution in [2.75, 3.05) is 39.6 Å². The molecule has 1 aromatic rings. The van der Waals surface area contributed by atoms with E-state index in [9.17, 15) is 34.8 Å². The fraction of sp³-hybridized carbons (Fsp3) is 0.519. The van der Waals surface area contributed by atoms with Crippen LogP contribution in [0.2, 0.25) is 0 Å². The Morgan fingerprint density at radius 1 is 1.16 bits per heavy atom. The molecule has 1 unspecified atom stereocenters. The number of amides is 1. The third kappa shape index (κ3) is 3.41. The van der Waals surface area contributed by atoms with E-state index in [0.717, 1.165) is 30.6 Å². The molecular formula is C27H34N4O7. The van der Waals surface area contributed by atoms with Crippen molar-refractivity contribution >= 4 is 28.9 Å². The zero-order valence-corrected chi connectivity index (χ0v) is 21.9. The molecule has 38 heavy (non-hydrogen) atoms. The van der Waals surface area contributed by atoms with Crippen LogP contribution in [-0.2, 0) is 20.8 Å². The fourth-order valence-electron chi connectivity index (χ4n) is 7.07. The Balaban J connectivity index is 1.74. The minimum Gasteiger partial charge on any atom is -0.508 e. The number of nitrogens with two attached hydrogens (primary N) is 1. The molecule has 11 nitrogen and oxygen atoms in total. The number of likely N-dealkylation sites (N-methyl/N-ethyl adjacent to an activating group) is 1. The van der Waals surface area contributed by atoms with Gasteiger partial charge in [0.25, 0.3) is 5.91 Å². The second-order valence-electron chi connectivity index (χ2n) is 11.2. The number of benzene rings is 1. The van der Waals surface area contributed by atoms with Crippen molar-refractivity contribution in [1.29, 1.82) is 0 Å². The third-order valence-corrected chi connectivity index (χ3v) is 8.61. The fourth-order valence-corrected chi connectivity index (χ4v) is 7.07. The van der Waals surface area contributed by atoms with E-state index < -0.39 is 58.0 Å². The van der Waals surface area contributed by atoms with Gasteiger partial charge in [-0.15, -0.1) is 0 Å². The topological polar surface area (TPSA) is 177 Å². The number of aliphatic hydroxyl groups excluding tert-OH is 2. The van der Waals surface area contributed by atoms with Crippen molar-refractivity contribution in [3.05, 3.63) is 39.7 Å². The van der Waals surface area contributed by atoms with Gasteiger partial charge >= 0.3 is 0 Å². The van der Waals surface area contributed by atoms with Crippen molar-refractivity contribution < 1.29 is 34.8 Å². The molecule has 1 saturated carbocycles. The molecular weight excluding hydrogens is 492 g/mol. The summed E-state index contributed by atoms with van der Waals surface area (Å²) in [6, 6.07) is 0.518. The number of carbonyl (C=O) groups is 3. The molecule has 3 aliphatic carbocycles. The monoisotopic (exact) mass is 526 g/mol. The molecule has 1 aromatic carbocycles. The second kappa shape index (κ2) is 8.82. The van der Waals surface area contributed by atoms with Crippen LogP contribution in [0.15, 0.2) is 23.0 Å². The molecule has 2 fully saturated rings. The number of rotatable bonds is 4. The van der Waals surface area contributed by atoms with E-state index in [1.165, 1.54) is 4.90 Å². The van der Waals surface area contributed by atoms with E-state index in [-0.39, 0.29) is 35.8 Å². The maximum absolute atomic E-state index is 13.9. The van der Waals surface area contributed by atoms with Crippen LogP contribution in [-0.4, -0.2) is 89.2 Å². The number of ketones is 2. The lowest BCUT2D eigenvalue weighted by molar-refractivity contribution is -0.153. The van der Waals surface area contributed by atoms with Crippen molar-refractivity contribution in [1.82, 2.24) is 10.2 Å².